The summed E-state index contributed by atoms with van der Waals surface area (Å²) in [4.78, 5) is 4.67. The second-order valence-corrected chi connectivity index (χ2v) is 4.75. The second-order valence-electron chi connectivity index (χ2n) is 4.75. The summed E-state index contributed by atoms with van der Waals surface area (Å²) in [6, 6.07) is 11.0. The Bertz CT molecular complexity index is 787. The topological polar surface area (TPSA) is 17.3 Å². The van der Waals surface area contributed by atoms with Gasteiger partial charge < -0.3 is 4.40 Å². The molecule has 88 valence electrons. The average Bonchev–Trinajstić information content (AvgIpc) is 2.84. The molecule has 3 heteroatoms. The molecule has 0 amide bonds. The van der Waals surface area contributed by atoms with Crippen molar-refractivity contribution < 1.29 is 4.39 Å². The van der Waals surface area contributed by atoms with Crippen LogP contribution in [-0.2, 0) is 6.42 Å². The fourth-order valence-electron chi connectivity index (χ4n) is 2.83. The van der Waals surface area contributed by atoms with Gasteiger partial charge in [-0.3, -0.25) is 0 Å². The minimum absolute atomic E-state index is 0.176. The van der Waals surface area contributed by atoms with Crippen LogP contribution in [0.15, 0.2) is 36.4 Å². The zero-order chi connectivity index (χ0) is 12.3. The van der Waals surface area contributed by atoms with Crippen LogP contribution in [0.3, 0.4) is 0 Å². The lowest BCUT2D eigenvalue weighted by Gasteiger charge is -2.03. The van der Waals surface area contributed by atoms with Gasteiger partial charge in [-0.1, -0.05) is 6.07 Å². The summed E-state index contributed by atoms with van der Waals surface area (Å²) in [5, 5.41) is 0. The van der Waals surface area contributed by atoms with Crippen molar-refractivity contribution in [2.75, 3.05) is 0 Å². The maximum Gasteiger partial charge on any atom is 0.137 e. The summed E-state index contributed by atoms with van der Waals surface area (Å²) in [7, 11) is 0. The number of rotatable bonds is 0. The maximum atomic E-state index is 13.3. The Kier molecular flexibility index (Phi) is 1.74. The van der Waals surface area contributed by atoms with E-state index in [0.29, 0.717) is 0 Å². The molecule has 0 unspecified atom stereocenters. The predicted octanol–water partition coefficient (Wildman–Crippen LogP) is 3.35. The van der Waals surface area contributed by atoms with Crippen LogP contribution in [0.1, 0.15) is 17.0 Å². The summed E-state index contributed by atoms with van der Waals surface area (Å²) < 4.78 is 15.4. The first kappa shape index (κ1) is 9.83. The lowest BCUT2D eigenvalue weighted by atomic mass is 10.1. The molecule has 1 aliphatic carbocycles. The Morgan fingerprint density at radius 1 is 1.22 bits per heavy atom. The van der Waals surface area contributed by atoms with Crippen molar-refractivity contribution in [2.24, 2.45) is 0 Å². The molecule has 0 atom stereocenters. The molecule has 1 aliphatic rings. The minimum atomic E-state index is -0.176. The fraction of sp³-hybridized carbons (Fsp3) is 0.133. The molecule has 1 aromatic carbocycles. The highest BCUT2D eigenvalue weighted by atomic mass is 19.1. The van der Waals surface area contributed by atoms with Crippen LogP contribution in [0.2, 0.25) is 0 Å². The SMILES string of the molecule is Cc1cccc2nc3c(n12)Cc1cc(F)ccc1-3. The standard InChI is InChI=1S/C15H11FN2/c1-9-3-2-4-14-17-15-12-6-5-11(16)7-10(12)8-13(15)18(9)14/h2-7H,8H2,1H3. The average molecular weight is 238 g/mol. The third-order valence-corrected chi connectivity index (χ3v) is 3.61. The fourth-order valence-corrected chi connectivity index (χ4v) is 2.83. The van der Waals surface area contributed by atoms with Gasteiger partial charge in [0.15, 0.2) is 0 Å². The summed E-state index contributed by atoms with van der Waals surface area (Å²) in [5.74, 6) is -0.176. The second kappa shape index (κ2) is 3.19. The number of hydrogen-bond donors (Lipinski definition) is 0. The number of benzene rings is 1. The molecule has 0 aliphatic heterocycles. The van der Waals surface area contributed by atoms with Crippen LogP contribution in [0.4, 0.5) is 4.39 Å². The molecular weight excluding hydrogens is 227 g/mol. The van der Waals surface area contributed by atoms with Gasteiger partial charge in [0.2, 0.25) is 0 Å². The maximum absolute atomic E-state index is 13.3. The zero-order valence-corrected chi connectivity index (χ0v) is 9.94. The highest BCUT2D eigenvalue weighted by Crippen LogP contribution is 2.37. The molecule has 0 spiro atoms. The number of hydrogen-bond acceptors (Lipinski definition) is 1. The Hall–Kier alpha value is -2.16. The molecule has 0 N–H and O–H groups in total. The van der Waals surface area contributed by atoms with E-state index in [4.69, 9.17) is 0 Å². The van der Waals surface area contributed by atoms with Gasteiger partial charge in [-0.15, -0.1) is 0 Å². The van der Waals surface area contributed by atoms with Gasteiger partial charge >= 0.3 is 0 Å². The van der Waals surface area contributed by atoms with E-state index in [2.05, 4.69) is 22.4 Å². The van der Waals surface area contributed by atoms with E-state index in [1.54, 1.807) is 6.07 Å². The largest absolute Gasteiger partial charge is 0.300 e. The highest BCUT2D eigenvalue weighted by Gasteiger charge is 2.24. The van der Waals surface area contributed by atoms with Crippen molar-refractivity contribution in [3.63, 3.8) is 0 Å². The number of nitrogens with zero attached hydrogens (tertiary/aromatic N) is 2. The van der Waals surface area contributed by atoms with Gasteiger partial charge in [0.1, 0.15) is 11.5 Å². The van der Waals surface area contributed by atoms with Crippen LogP contribution < -0.4 is 0 Å². The predicted molar refractivity (Wildman–Crippen MR) is 68.1 cm³/mol. The first-order valence-corrected chi connectivity index (χ1v) is 6.00. The summed E-state index contributed by atoms with van der Waals surface area (Å²) in [6.45, 7) is 2.07. The van der Waals surface area contributed by atoms with Gasteiger partial charge in [-0.25, -0.2) is 9.37 Å². The van der Waals surface area contributed by atoms with Gasteiger partial charge in [-0.2, -0.15) is 0 Å². The van der Waals surface area contributed by atoms with Crippen molar-refractivity contribution in [1.82, 2.24) is 9.38 Å². The van der Waals surface area contributed by atoms with Crippen LogP contribution in [0.5, 0.6) is 0 Å². The van der Waals surface area contributed by atoms with E-state index < -0.39 is 0 Å². The Morgan fingerprint density at radius 2 is 2.11 bits per heavy atom. The third-order valence-electron chi connectivity index (χ3n) is 3.61. The first-order valence-electron chi connectivity index (χ1n) is 6.00. The minimum Gasteiger partial charge on any atom is -0.300 e. The van der Waals surface area contributed by atoms with Crippen molar-refractivity contribution in [2.45, 2.75) is 13.3 Å². The highest BCUT2D eigenvalue weighted by molar-refractivity contribution is 5.75. The van der Waals surface area contributed by atoms with Gasteiger partial charge in [0.25, 0.3) is 0 Å². The number of aromatic nitrogens is 2. The molecule has 3 aromatic rings. The Labute approximate surface area is 104 Å². The Morgan fingerprint density at radius 3 is 3.00 bits per heavy atom. The molecule has 18 heavy (non-hydrogen) atoms. The third kappa shape index (κ3) is 1.13. The lowest BCUT2D eigenvalue weighted by Crippen LogP contribution is -1.95. The van der Waals surface area contributed by atoms with E-state index in [1.165, 1.54) is 11.8 Å². The first-order chi connectivity index (χ1) is 8.74. The van der Waals surface area contributed by atoms with Gasteiger partial charge in [0, 0.05) is 17.7 Å². The molecule has 0 saturated carbocycles. The summed E-state index contributed by atoms with van der Waals surface area (Å²) >= 11 is 0. The van der Waals surface area contributed by atoms with E-state index >= 15 is 0 Å². The lowest BCUT2D eigenvalue weighted by molar-refractivity contribution is 0.626. The van der Waals surface area contributed by atoms with E-state index in [-0.39, 0.29) is 5.82 Å². The van der Waals surface area contributed by atoms with Crippen molar-refractivity contribution >= 4 is 5.65 Å². The molecule has 0 saturated heterocycles. The van der Waals surface area contributed by atoms with Crippen molar-refractivity contribution in [3.8, 4) is 11.3 Å². The molecule has 0 bridgehead atoms. The molecule has 2 heterocycles. The molecule has 2 nitrogen and oxygen atoms in total. The summed E-state index contributed by atoms with van der Waals surface area (Å²) in [5.41, 5.74) is 6.40. The number of aryl methyl sites for hydroxylation is 1. The van der Waals surface area contributed by atoms with E-state index in [0.717, 1.165) is 34.6 Å². The molecule has 2 aromatic heterocycles. The van der Waals surface area contributed by atoms with Gasteiger partial charge in [-0.05, 0) is 42.8 Å². The van der Waals surface area contributed by atoms with E-state index in [9.17, 15) is 4.39 Å². The van der Waals surface area contributed by atoms with Crippen molar-refractivity contribution in [3.05, 3.63) is 59.2 Å². The zero-order valence-electron chi connectivity index (χ0n) is 9.94. The number of pyridine rings is 1. The number of imidazole rings is 1. The van der Waals surface area contributed by atoms with Crippen LogP contribution in [0, 0.1) is 12.7 Å². The molecule has 4 rings (SSSR count). The van der Waals surface area contributed by atoms with Gasteiger partial charge in [0.05, 0.1) is 11.4 Å². The molecule has 0 radical (unpaired) electrons. The number of halogens is 1. The van der Waals surface area contributed by atoms with Crippen LogP contribution in [-0.4, -0.2) is 9.38 Å². The quantitative estimate of drug-likeness (QED) is 0.459. The Balaban J connectivity index is 2.08. The number of fused-ring (bicyclic) bond motifs is 5. The molecule has 0 fully saturated rings. The van der Waals surface area contributed by atoms with Crippen molar-refractivity contribution in [1.29, 1.82) is 0 Å². The van der Waals surface area contributed by atoms with Crippen LogP contribution >= 0.6 is 0 Å². The van der Waals surface area contributed by atoms with Crippen LogP contribution in [0.25, 0.3) is 16.9 Å². The normalized spacial score (nSPS) is 12.8. The summed E-state index contributed by atoms with van der Waals surface area (Å²) in [6.07, 6.45) is 0.758. The smallest absolute Gasteiger partial charge is 0.137 e. The van der Waals surface area contributed by atoms with E-state index in [1.807, 2.05) is 18.2 Å². The molecular formula is C15H11FN2. The monoisotopic (exact) mass is 238 g/mol.